The number of carbonyl (C=O) groups is 10. The van der Waals surface area contributed by atoms with Gasteiger partial charge in [0.2, 0.25) is 59.1 Å². The van der Waals surface area contributed by atoms with Crippen LogP contribution < -0.4 is 64.9 Å². The van der Waals surface area contributed by atoms with E-state index in [2.05, 4.69) is 42.2 Å². The van der Waals surface area contributed by atoms with Crippen LogP contribution in [0.2, 0.25) is 0 Å². The molecule has 7 atom stereocenters. The molecule has 24 nitrogen and oxygen atoms in total. The lowest BCUT2D eigenvalue weighted by Crippen LogP contribution is -2.61. The maximum absolute atomic E-state index is 14.6. The third-order valence-electron chi connectivity index (χ3n) is 11.7. The first-order valence-electron chi connectivity index (χ1n) is 24.3. The van der Waals surface area contributed by atoms with Gasteiger partial charge in [0.05, 0.1) is 19.6 Å². The molecule has 2 aromatic carbocycles. The molecule has 2 saturated heterocycles. The number of aliphatic imine (C=N–C) groups is 1. The van der Waals surface area contributed by atoms with E-state index in [1.807, 2.05) is 6.92 Å². The Morgan fingerprint density at radius 2 is 1.42 bits per heavy atom. The fourth-order valence-corrected chi connectivity index (χ4v) is 10.1. The van der Waals surface area contributed by atoms with Gasteiger partial charge in [-0.2, -0.15) is 0 Å². The number of hydrogen-bond donors (Lipinski definition) is 11. The van der Waals surface area contributed by atoms with E-state index in [1.165, 1.54) is 15.7 Å². The quantitative estimate of drug-likeness (QED) is 0.0306. The number of ether oxygens (including phenoxy) is 1. The van der Waals surface area contributed by atoms with Crippen molar-refractivity contribution in [3.63, 3.8) is 0 Å². The average molecular weight is 1070 g/mol. The van der Waals surface area contributed by atoms with Crippen LogP contribution in [0, 0.1) is 5.92 Å². The predicted octanol–water partition coefficient (Wildman–Crippen LogP) is -2.26. The fourth-order valence-electron chi connectivity index (χ4n) is 7.99. The molecule has 4 rings (SSSR count). The second-order valence-corrected chi connectivity index (χ2v) is 20.5. The summed E-state index contributed by atoms with van der Waals surface area (Å²) in [5.41, 5.74) is 23.0. The van der Waals surface area contributed by atoms with Gasteiger partial charge in [-0.25, -0.2) is 0 Å². The molecule has 2 aromatic rings. The van der Waals surface area contributed by atoms with Crippen LogP contribution in [0.1, 0.15) is 70.4 Å². The Hall–Kier alpha value is -7.09. The standard InChI is InChI=1S/C48H69N13O11S2/c1-4-72-30-16-14-29(15-17-30)23-32-42(66)57-33(22-28-10-6-5-7-11-28)44(68)60-40(27(2)3)46(70)58-34(24-37(49)62)43(67)59-35(26-74-73-21-18-39(64)55-32)47(71)61-20-9-13-36(61)45(69)56-31(12-8-19-53-48(51)52)41(65)54-25-38(50)63/h5-7,10-11,14-17,27,31-36,40H,4,8-9,12-13,18-26H2,1-3H3,(H2,49,62)(H2,50,63)(H,54,65)(H,55,64)(H,56,69)(H,57,66)(H,58,70)(H,59,67)(H,60,68)(H4,51,52,53)/t31-,32+,33-,34-,35-,36+,40+/m0/s1. The Kier molecular flexibility index (Phi) is 24.3. The van der Waals surface area contributed by atoms with E-state index >= 15 is 0 Å². The molecule has 26 heteroatoms. The monoisotopic (exact) mass is 1070 g/mol. The van der Waals surface area contributed by atoms with Gasteiger partial charge >= 0.3 is 0 Å². The number of nitrogens with two attached hydrogens (primary N) is 4. The first-order valence-corrected chi connectivity index (χ1v) is 26.8. The number of nitrogens with zero attached hydrogens (tertiary/aromatic N) is 2. The number of guanidine groups is 1. The predicted molar refractivity (Wildman–Crippen MR) is 278 cm³/mol. The van der Waals surface area contributed by atoms with Crippen LogP contribution in [0.4, 0.5) is 0 Å². The summed E-state index contributed by atoms with van der Waals surface area (Å²) in [6.07, 6.45) is 0.0181. The van der Waals surface area contributed by atoms with Crippen LogP contribution in [-0.4, -0.2) is 150 Å². The van der Waals surface area contributed by atoms with Crippen molar-refractivity contribution >= 4 is 86.6 Å². The molecule has 2 heterocycles. The summed E-state index contributed by atoms with van der Waals surface area (Å²) in [7, 11) is 2.29. The molecule has 0 bridgehead atoms. The molecule has 2 aliphatic heterocycles. The van der Waals surface area contributed by atoms with E-state index in [0.717, 1.165) is 10.8 Å². The third-order valence-corrected chi connectivity index (χ3v) is 14.1. The number of nitrogens with one attached hydrogen (secondary N) is 7. The zero-order valence-electron chi connectivity index (χ0n) is 41.7. The van der Waals surface area contributed by atoms with Gasteiger partial charge in [0.1, 0.15) is 48.0 Å². The summed E-state index contributed by atoms with van der Waals surface area (Å²) in [4.78, 5) is 141. The molecule has 2 aliphatic rings. The van der Waals surface area contributed by atoms with Crippen molar-refractivity contribution in [3.8, 4) is 5.75 Å². The van der Waals surface area contributed by atoms with Gasteiger partial charge in [0, 0.05) is 43.9 Å². The highest BCUT2D eigenvalue weighted by Crippen LogP contribution is 2.26. The highest BCUT2D eigenvalue weighted by Gasteiger charge is 2.40. The summed E-state index contributed by atoms with van der Waals surface area (Å²) in [6, 6.07) is 6.68. The first kappa shape index (κ1) is 59.5. The zero-order chi connectivity index (χ0) is 54.3. The van der Waals surface area contributed by atoms with Crippen LogP contribution in [-0.2, 0) is 60.8 Å². The largest absolute Gasteiger partial charge is 0.494 e. The number of hydrogen-bond acceptors (Lipinski definition) is 14. The van der Waals surface area contributed by atoms with Crippen molar-refractivity contribution in [2.45, 2.75) is 114 Å². The highest BCUT2D eigenvalue weighted by molar-refractivity contribution is 8.76. The van der Waals surface area contributed by atoms with E-state index in [4.69, 9.17) is 27.7 Å². The minimum Gasteiger partial charge on any atom is -0.494 e. The average Bonchev–Trinajstić information content (AvgIpc) is 3.85. The van der Waals surface area contributed by atoms with Crippen LogP contribution in [0.5, 0.6) is 5.75 Å². The molecule has 0 radical (unpaired) electrons. The minimum absolute atomic E-state index is 0.0162. The molecule has 10 amide bonds. The van der Waals surface area contributed by atoms with Gasteiger partial charge in [-0.15, -0.1) is 0 Å². The SMILES string of the molecule is CCOc1ccc(C[C@H]2NC(=O)CCSSC[C@@H](C(=O)N3CCC[C@@H]3C(=O)N[C@@H](CCCN=C(N)N)C(=O)NCC(N)=O)NC(=O)[C@H](CC(N)=O)NC(=O)[C@@H](C(C)C)NC(=O)[C@H](Cc3ccccc3)NC2=O)cc1. The normalized spacial score (nSPS) is 21.8. The fraction of sp³-hybridized carbons (Fsp3) is 0.521. The van der Waals surface area contributed by atoms with Crippen molar-refractivity contribution in [1.29, 1.82) is 0 Å². The van der Waals surface area contributed by atoms with Crippen LogP contribution >= 0.6 is 21.6 Å². The summed E-state index contributed by atoms with van der Waals surface area (Å²) >= 11 is 0. The maximum atomic E-state index is 14.6. The number of amides is 10. The number of primary amides is 2. The molecule has 0 saturated carbocycles. The lowest BCUT2D eigenvalue weighted by atomic mass is 9.99. The van der Waals surface area contributed by atoms with Gasteiger partial charge in [0.25, 0.3) is 0 Å². The smallest absolute Gasteiger partial charge is 0.246 e. The van der Waals surface area contributed by atoms with E-state index < -0.39 is 120 Å². The summed E-state index contributed by atoms with van der Waals surface area (Å²) in [6.45, 7) is 5.23. The molecular weight excluding hydrogens is 999 g/mol. The lowest BCUT2D eigenvalue weighted by molar-refractivity contribution is -0.142. The molecule has 74 heavy (non-hydrogen) atoms. The molecule has 0 unspecified atom stereocenters. The number of carbonyl (C=O) groups excluding carboxylic acids is 10. The summed E-state index contributed by atoms with van der Waals surface area (Å²) in [5, 5.41) is 18.5. The van der Waals surface area contributed by atoms with Gasteiger partial charge in [-0.3, -0.25) is 52.9 Å². The van der Waals surface area contributed by atoms with E-state index in [9.17, 15) is 47.9 Å². The topological polar surface area (TPSA) is 384 Å². The van der Waals surface area contributed by atoms with Gasteiger partial charge < -0.3 is 69.8 Å². The molecule has 0 spiro atoms. The molecular formula is C48H69N13O11S2. The minimum atomic E-state index is -1.65. The molecule has 404 valence electrons. The van der Waals surface area contributed by atoms with Gasteiger partial charge in [-0.05, 0) is 61.8 Å². The van der Waals surface area contributed by atoms with Gasteiger partial charge in [-0.1, -0.05) is 77.9 Å². The Morgan fingerprint density at radius 3 is 2.05 bits per heavy atom. The Balaban J connectivity index is 1.67. The Labute approximate surface area is 437 Å². The highest BCUT2D eigenvalue weighted by atomic mass is 33.1. The number of likely N-dealkylation sites (tertiary alicyclic amines) is 1. The first-order chi connectivity index (χ1) is 35.3. The number of rotatable bonds is 19. The van der Waals surface area contributed by atoms with Crippen molar-refractivity contribution in [1.82, 2.24) is 42.1 Å². The van der Waals surface area contributed by atoms with Crippen LogP contribution in [0.15, 0.2) is 59.6 Å². The van der Waals surface area contributed by atoms with Crippen molar-refractivity contribution in [3.05, 3.63) is 65.7 Å². The van der Waals surface area contributed by atoms with Crippen molar-refractivity contribution in [2.75, 3.05) is 37.7 Å². The summed E-state index contributed by atoms with van der Waals surface area (Å²) < 4.78 is 5.57. The zero-order valence-corrected chi connectivity index (χ0v) is 43.4. The lowest BCUT2D eigenvalue weighted by Gasteiger charge is -2.31. The Morgan fingerprint density at radius 1 is 0.784 bits per heavy atom. The van der Waals surface area contributed by atoms with E-state index in [1.54, 1.807) is 68.4 Å². The Bertz CT molecular complexity index is 2320. The summed E-state index contributed by atoms with van der Waals surface area (Å²) in [5.74, 6) is -7.92. The number of benzene rings is 2. The maximum Gasteiger partial charge on any atom is 0.246 e. The second kappa shape index (κ2) is 30.2. The van der Waals surface area contributed by atoms with Crippen LogP contribution in [0.25, 0.3) is 0 Å². The molecule has 2 fully saturated rings. The molecule has 0 aromatic heterocycles. The van der Waals surface area contributed by atoms with Gasteiger partial charge in [0.15, 0.2) is 5.96 Å². The molecule has 15 N–H and O–H groups in total. The van der Waals surface area contributed by atoms with Crippen molar-refractivity contribution in [2.24, 2.45) is 33.8 Å². The van der Waals surface area contributed by atoms with E-state index in [0.29, 0.717) is 29.9 Å². The van der Waals surface area contributed by atoms with E-state index in [-0.39, 0.29) is 69.1 Å². The van der Waals surface area contributed by atoms with Crippen molar-refractivity contribution < 1.29 is 52.7 Å². The molecule has 0 aliphatic carbocycles. The second-order valence-electron chi connectivity index (χ2n) is 17.9. The third kappa shape index (κ3) is 19.7. The van der Waals surface area contributed by atoms with Crippen LogP contribution in [0.3, 0.4) is 0 Å².